The van der Waals surface area contributed by atoms with Gasteiger partial charge in [-0.25, -0.2) is 8.78 Å². The molecule has 0 radical (unpaired) electrons. The van der Waals surface area contributed by atoms with Crippen LogP contribution < -0.4 is 10.5 Å². The van der Waals surface area contributed by atoms with Crippen LogP contribution in [0.15, 0.2) is 42.5 Å². The van der Waals surface area contributed by atoms with Gasteiger partial charge in [0.05, 0.1) is 24.8 Å². The highest BCUT2D eigenvalue weighted by molar-refractivity contribution is 6.32. The molecule has 0 saturated carbocycles. The zero-order valence-corrected chi connectivity index (χ0v) is 15.9. The summed E-state index contributed by atoms with van der Waals surface area (Å²) in [4.78, 5) is 14.2. The van der Waals surface area contributed by atoms with Crippen LogP contribution in [0.5, 0.6) is 5.75 Å². The SMILES string of the molecule is NCC(F)(F)COc1ccc(-c2ccc(C(=O)N3CCOCC3)cc2)cc1Cl. The van der Waals surface area contributed by atoms with Crippen LogP contribution in [0.4, 0.5) is 8.78 Å². The summed E-state index contributed by atoms with van der Waals surface area (Å²) in [6.07, 6.45) is 0. The van der Waals surface area contributed by atoms with Crippen molar-refractivity contribution in [3.8, 4) is 16.9 Å². The molecule has 0 unspecified atom stereocenters. The minimum Gasteiger partial charge on any atom is -0.486 e. The predicted octanol–water partition coefficient (Wildman–Crippen LogP) is 3.45. The third kappa shape index (κ3) is 4.98. The van der Waals surface area contributed by atoms with E-state index in [4.69, 9.17) is 26.8 Å². The number of hydrogen-bond acceptors (Lipinski definition) is 4. The van der Waals surface area contributed by atoms with E-state index in [1.807, 2.05) is 12.1 Å². The molecule has 0 bridgehead atoms. The average molecular weight is 411 g/mol. The topological polar surface area (TPSA) is 64.8 Å². The fourth-order valence-corrected chi connectivity index (χ4v) is 3.03. The van der Waals surface area contributed by atoms with Crippen molar-refractivity contribution in [2.24, 2.45) is 5.73 Å². The van der Waals surface area contributed by atoms with Gasteiger partial charge in [0, 0.05) is 18.7 Å². The second-order valence-electron chi connectivity index (χ2n) is 6.48. The Kier molecular flexibility index (Phi) is 6.49. The molecule has 28 heavy (non-hydrogen) atoms. The van der Waals surface area contributed by atoms with Crippen LogP contribution >= 0.6 is 11.6 Å². The number of carbonyl (C=O) groups is 1. The number of nitrogens with zero attached hydrogens (tertiary/aromatic N) is 1. The van der Waals surface area contributed by atoms with Gasteiger partial charge < -0.3 is 20.1 Å². The molecule has 1 heterocycles. The second kappa shape index (κ2) is 8.86. The summed E-state index contributed by atoms with van der Waals surface area (Å²) >= 11 is 6.16. The van der Waals surface area contributed by atoms with Gasteiger partial charge in [0.2, 0.25) is 0 Å². The first-order valence-electron chi connectivity index (χ1n) is 8.87. The number of halogens is 3. The second-order valence-corrected chi connectivity index (χ2v) is 6.88. The molecule has 0 aromatic heterocycles. The third-order valence-electron chi connectivity index (χ3n) is 4.43. The quantitative estimate of drug-likeness (QED) is 0.792. The van der Waals surface area contributed by atoms with Gasteiger partial charge in [-0.3, -0.25) is 4.79 Å². The lowest BCUT2D eigenvalue weighted by Crippen LogP contribution is -2.40. The molecule has 2 aromatic rings. The molecule has 0 aliphatic carbocycles. The van der Waals surface area contributed by atoms with Crippen molar-refractivity contribution >= 4 is 17.5 Å². The number of benzene rings is 2. The molecular formula is C20H21ClF2N2O3. The van der Waals surface area contributed by atoms with Crippen molar-refractivity contribution < 1.29 is 23.0 Å². The van der Waals surface area contributed by atoms with E-state index in [1.165, 1.54) is 6.07 Å². The Morgan fingerprint density at radius 1 is 1.14 bits per heavy atom. The first-order valence-corrected chi connectivity index (χ1v) is 9.25. The number of morpholine rings is 1. The number of rotatable bonds is 6. The van der Waals surface area contributed by atoms with Gasteiger partial charge in [-0.15, -0.1) is 0 Å². The van der Waals surface area contributed by atoms with Crippen LogP contribution in [0.1, 0.15) is 10.4 Å². The molecule has 5 nitrogen and oxygen atoms in total. The number of ether oxygens (including phenoxy) is 2. The van der Waals surface area contributed by atoms with Gasteiger partial charge in [-0.2, -0.15) is 0 Å². The zero-order chi connectivity index (χ0) is 20.1. The summed E-state index contributed by atoms with van der Waals surface area (Å²) < 4.78 is 36.8. The monoisotopic (exact) mass is 410 g/mol. The number of carbonyl (C=O) groups excluding carboxylic acids is 1. The van der Waals surface area contributed by atoms with Crippen molar-refractivity contribution in [3.05, 3.63) is 53.1 Å². The van der Waals surface area contributed by atoms with E-state index in [9.17, 15) is 13.6 Å². The molecule has 1 aliphatic heterocycles. The molecule has 0 spiro atoms. The predicted molar refractivity (Wildman–Crippen MR) is 103 cm³/mol. The molecule has 3 rings (SSSR count). The van der Waals surface area contributed by atoms with E-state index in [2.05, 4.69) is 0 Å². The van der Waals surface area contributed by atoms with Crippen LogP contribution in [0.2, 0.25) is 5.02 Å². The smallest absolute Gasteiger partial charge is 0.293 e. The third-order valence-corrected chi connectivity index (χ3v) is 4.73. The van der Waals surface area contributed by atoms with Crippen LogP contribution in [-0.2, 0) is 4.74 Å². The van der Waals surface area contributed by atoms with Crippen LogP contribution in [-0.4, -0.2) is 56.2 Å². The van der Waals surface area contributed by atoms with Crippen molar-refractivity contribution in [1.29, 1.82) is 0 Å². The maximum atomic E-state index is 13.2. The Morgan fingerprint density at radius 2 is 1.79 bits per heavy atom. The Morgan fingerprint density at radius 3 is 2.39 bits per heavy atom. The average Bonchev–Trinajstić information content (AvgIpc) is 2.73. The minimum absolute atomic E-state index is 0.0301. The number of amides is 1. The van der Waals surface area contributed by atoms with Crippen molar-refractivity contribution in [2.45, 2.75) is 5.92 Å². The summed E-state index contributed by atoms with van der Waals surface area (Å²) in [5, 5.41) is 0.221. The normalized spacial score (nSPS) is 14.8. The molecule has 0 atom stereocenters. The van der Waals surface area contributed by atoms with Crippen molar-refractivity contribution in [2.75, 3.05) is 39.5 Å². The number of alkyl halides is 2. The van der Waals surface area contributed by atoms with Gasteiger partial charge in [0.1, 0.15) is 5.75 Å². The van der Waals surface area contributed by atoms with Crippen molar-refractivity contribution in [1.82, 2.24) is 4.90 Å². The van der Waals surface area contributed by atoms with Crippen molar-refractivity contribution in [3.63, 3.8) is 0 Å². The summed E-state index contributed by atoms with van der Waals surface area (Å²) in [6.45, 7) is 0.642. The molecule has 1 aliphatic rings. The lowest BCUT2D eigenvalue weighted by molar-refractivity contribution is -0.0319. The first-order chi connectivity index (χ1) is 13.4. The fourth-order valence-electron chi connectivity index (χ4n) is 2.79. The lowest BCUT2D eigenvalue weighted by atomic mass is 10.0. The largest absolute Gasteiger partial charge is 0.486 e. The van der Waals surface area contributed by atoms with E-state index in [-0.39, 0.29) is 16.7 Å². The van der Waals surface area contributed by atoms with E-state index in [0.717, 1.165) is 11.1 Å². The summed E-state index contributed by atoms with van der Waals surface area (Å²) in [7, 11) is 0. The van der Waals surface area contributed by atoms with Gasteiger partial charge >= 0.3 is 0 Å². The summed E-state index contributed by atoms with van der Waals surface area (Å²) in [5.74, 6) is -2.97. The maximum absolute atomic E-state index is 13.2. The zero-order valence-electron chi connectivity index (χ0n) is 15.2. The Balaban J connectivity index is 1.69. The highest BCUT2D eigenvalue weighted by atomic mass is 35.5. The van der Waals surface area contributed by atoms with Gasteiger partial charge in [0.15, 0.2) is 6.61 Å². The molecule has 1 amide bonds. The molecule has 2 aromatic carbocycles. The van der Waals surface area contributed by atoms with Gasteiger partial charge in [0.25, 0.3) is 11.8 Å². The Labute approximate surface area is 167 Å². The van der Waals surface area contributed by atoms with Crippen LogP contribution in [0, 0.1) is 0 Å². The standard InChI is InChI=1S/C20H21ClF2N2O3/c21-17-11-16(5-6-18(17)28-13-20(22,23)12-24)14-1-3-15(4-2-14)19(26)25-7-9-27-10-8-25/h1-6,11H,7-10,12-13,24H2. The van der Waals surface area contributed by atoms with E-state index in [1.54, 1.807) is 29.2 Å². The van der Waals surface area contributed by atoms with Gasteiger partial charge in [-0.05, 0) is 35.4 Å². The van der Waals surface area contributed by atoms with E-state index in [0.29, 0.717) is 31.9 Å². The minimum atomic E-state index is -3.11. The maximum Gasteiger partial charge on any atom is 0.293 e. The molecule has 150 valence electrons. The lowest BCUT2D eigenvalue weighted by Gasteiger charge is -2.26. The number of nitrogens with two attached hydrogens (primary N) is 1. The molecule has 2 N–H and O–H groups in total. The summed E-state index contributed by atoms with van der Waals surface area (Å²) in [5.41, 5.74) is 7.22. The first kappa shape index (κ1) is 20.5. The Hall–Kier alpha value is -2.22. The molecule has 1 fully saturated rings. The number of hydrogen-bond donors (Lipinski definition) is 1. The molecule has 1 saturated heterocycles. The highest BCUT2D eigenvalue weighted by Gasteiger charge is 2.28. The molecule has 8 heteroatoms. The fraction of sp³-hybridized carbons (Fsp3) is 0.350. The molecular weight excluding hydrogens is 390 g/mol. The van der Waals surface area contributed by atoms with Crippen LogP contribution in [0.3, 0.4) is 0 Å². The highest BCUT2D eigenvalue weighted by Crippen LogP contribution is 2.31. The van der Waals surface area contributed by atoms with E-state index < -0.39 is 19.1 Å². The van der Waals surface area contributed by atoms with Gasteiger partial charge in [-0.1, -0.05) is 29.8 Å². The van der Waals surface area contributed by atoms with E-state index >= 15 is 0 Å². The van der Waals surface area contributed by atoms with Crippen LogP contribution in [0.25, 0.3) is 11.1 Å². The Bertz CT molecular complexity index is 825. The summed E-state index contributed by atoms with van der Waals surface area (Å²) in [6, 6.07) is 12.1.